The number of phenolic OH excluding ortho intramolecular Hbond substituents is 1. The minimum atomic E-state index is -5.21. The number of amides is 1. The Bertz CT molecular complexity index is 3270. The van der Waals surface area contributed by atoms with Crippen LogP contribution in [0.2, 0.25) is 0 Å². The van der Waals surface area contributed by atoms with Gasteiger partial charge in [0.1, 0.15) is 63.0 Å². The number of methoxy groups -OCH3 is 1. The lowest BCUT2D eigenvalue weighted by Gasteiger charge is -2.13. The standard InChI is InChI=1S/C38H34N8O18S3/c1-19-13-25(28(62-2)18-31(19)66(56,57)58)40-41-26-16-30(64-12-10-48)27(17-29(26)63-11-9-47)42-43-33-32(67(59,60)61)15-20-14-21(3-8-24(20)36(33)49)39-44-34-35(38(51)52)45-46(37(34)50)22-4-6-23(7-5-22)65(53,54)55/h3-8,13-18,34,47-49H,9-12H2,1-2H3,(H,51,52)(H,53,54,55)(H,56,57,58)(H,59,60,61). The van der Waals surface area contributed by atoms with Crippen molar-refractivity contribution in [3.05, 3.63) is 78.4 Å². The molecule has 1 amide bonds. The highest BCUT2D eigenvalue weighted by atomic mass is 32.2. The number of benzene rings is 5. The molecule has 0 aromatic heterocycles. The van der Waals surface area contributed by atoms with E-state index in [4.69, 9.17) is 14.2 Å². The average Bonchev–Trinajstić information content (AvgIpc) is 3.60. The zero-order valence-corrected chi connectivity index (χ0v) is 36.7. The predicted molar refractivity (Wildman–Crippen MR) is 230 cm³/mol. The number of carbonyl (C=O) groups is 2. The molecule has 0 bridgehead atoms. The van der Waals surface area contributed by atoms with Gasteiger partial charge in [0.25, 0.3) is 36.3 Å². The summed E-state index contributed by atoms with van der Waals surface area (Å²) in [6, 6.07) is 11.4. The monoisotopic (exact) mass is 986 g/mol. The van der Waals surface area contributed by atoms with Crippen molar-refractivity contribution >= 4 is 92.8 Å². The molecule has 6 rings (SSSR count). The van der Waals surface area contributed by atoms with Crippen molar-refractivity contribution in [3.8, 4) is 23.0 Å². The Morgan fingerprint density at radius 2 is 1.28 bits per heavy atom. The Morgan fingerprint density at radius 1 is 0.716 bits per heavy atom. The van der Waals surface area contributed by atoms with Crippen molar-refractivity contribution in [2.24, 2.45) is 35.8 Å². The molecule has 1 aliphatic heterocycles. The summed E-state index contributed by atoms with van der Waals surface area (Å²) in [7, 11) is -13.2. The van der Waals surface area contributed by atoms with Gasteiger partial charge >= 0.3 is 5.97 Å². The van der Waals surface area contributed by atoms with Crippen LogP contribution in [-0.2, 0) is 39.9 Å². The number of hydrogen-bond acceptors (Lipinski definition) is 21. The number of carboxylic acid groups (broad SMARTS) is 1. The van der Waals surface area contributed by atoms with Gasteiger partial charge in [-0.25, -0.2) is 4.79 Å². The highest BCUT2D eigenvalue weighted by molar-refractivity contribution is 7.86. The number of aryl methyl sites for hydroxylation is 1. The molecule has 67 heavy (non-hydrogen) atoms. The number of aromatic hydroxyl groups is 1. The van der Waals surface area contributed by atoms with Gasteiger partial charge in [0, 0.05) is 23.6 Å². The van der Waals surface area contributed by atoms with Crippen molar-refractivity contribution in [1.82, 2.24) is 0 Å². The lowest BCUT2D eigenvalue weighted by Crippen LogP contribution is -2.33. The Balaban J connectivity index is 1.36. The van der Waals surface area contributed by atoms with Crippen molar-refractivity contribution in [1.29, 1.82) is 0 Å². The zero-order valence-electron chi connectivity index (χ0n) is 34.3. The molecule has 1 heterocycles. The van der Waals surface area contributed by atoms with Gasteiger partial charge in [0.15, 0.2) is 11.5 Å². The van der Waals surface area contributed by atoms with E-state index >= 15 is 0 Å². The normalized spacial score (nSPS) is 14.7. The number of nitrogens with zero attached hydrogens (tertiary/aromatic N) is 8. The van der Waals surface area contributed by atoms with E-state index in [1.165, 1.54) is 44.4 Å². The zero-order chi connectivity index (χ0) is 49.0. The Labute approximate surface area is 378 Å². The Morgan fingerprint density at radius 3 is 1.81 bits per heavy atom. The molecule has 0 spiro atoms. The number of phenols is 1. The second-order valence-corrected chi connectivity index (χ2v) is 17.8. The van der Waals surface area contributed by atoms with Gasteiger partial charge in [-0.1, -0.05) is 0 Å². The van der Waals surface area contributed by atoms with Gasteiger partial charge < -0.3 is 34.6 Å². The molecule has 0 radical (unpaired) electrons. The molecule has 5 aromatic carbocycles. The second-order valence-electron chi connectivity index (χ2n) is 13.6. The minimum absolute atomic E-state index is 0.00522. The lowest BCUT2D eigenvalue weighted by molar-refractivity contribution is -0.130. The number of aliphatic hydroxyl groups is 2. The number of azo groups is 3. The fourth-order valence-electron chi connectivity index (χ4n) is 6.09. The fraction of sp³-hybridized carbons (Fsp3) is 0.184. The molecule has 0 fully saturated rings. The van der Waals surface area contributed by atoms with E-state index in [0.717, 1.165) is 42.5 Å². The predicted octanol–water partition coefficient (Wildman–Crippen LogP) is 5.12. The number of carbonyl (C=O) groups excluding carboxylic acids is 1. The maximum Gasteiger partial charge on any atom is 0.355 e. The molecule has 7 N–H and O–H groups in total. The number of anilines is 1. The number of hydrazone groups is 1. The topological polar surface area (TPSA) is 396 Å². The van der Waals surface area contributed by atoms with E-state index in [1.807, 2.05) is 0 Å². The van der Waals surface area contributed by atoms with Crippen LogP contribution < -0.4 is 19.2 Å². The number of carboxylic acids is 1. The van der Waals surface area contributed by atoms with Gasteiger partial charge in [-0.05, 0) is 72.5 Å². The number of rotatable bonds is 18. The molecule has 29 heteroatoms. The molecule has 5 aromatic rings. The van der Waals surface area contributed by atoms with Crippen LogP contribution in [0.15, 0.2) is 123 Å². The van der Waals surface area contributed by atoms with Crippen LogP contribution in [0.4, 0.5) is 34.1 Å². The van der Waals surface area contributed by atoms with Crippen LogP contribution in [0.3, 0.4) is 0 Å². The minimum Gasteiger partial charge on any atom is -0.505 e. The van der Waals surface area contributed by atoms with Gasteiger partial charge in [0.2, 0.25) is 6.04 Å². The third kappa shape index (κ3) is 11.0. The Hall–Kier alpha value is -7.38. The van der Waals surface area contributed by atoms with E-state index in [2.05, 4.69) is 35.8 Å². The van der Waals surface area contributed by atoms with Gasteiger partial charge in [-0.3, -0.25) is 18.5 Å². The van der Waals surface area contributed by atoms with Crippen molar-refractivity contribution in [3.63, 3.8) is 0 Å². The maximum absolute atomic E-state index is 13.3. The lowest BCUT2D eigenvalue weighted by atomic mass is 10.1. The van der Waals surface area contributed by atoms with E-state index < -0.39 is 93.3 Å². The molecule has 0 saturated carbocycles. The van der Waals surface area contributed by atoms with Gasteiger partial charge in [-0.15, -0.1) is 20.5 Å². The number of ether oxygens (including phenoxy) is 3. The molecular weight excluding hydrogens is 953 g/mol. The summed E-state index contributed by atoms with van der Waals surface area (Å²) in [6.45, 7) is -0.241. The van der Waals surface area contributed by atoms with Crippen LogP contribution in [0.1, 0.15) is 5.56 Å². The first-order valence-corrected chi connectivity index (χ1v) is 22.9. The summed E-state index contributed by atoms with van der Waals surface area (Å²) in [5.41, 5.74) is -1.97. The van der Waals surface area contributed by atoms with E-state index in [-0.39, 0.29) is 75.2 Å². The SMILES string of the molecule is COc1cc(S(=O)(=O)O)c(C)cc1N=Nc1cc(OCCO)c(N=Nc2c(S(=O)(=O)O)cc3cc(N=NC4C(=O)N(c5ccc(S(=O)(=O)O)cc5)N=C4C(=O)O)ccc3c2O)cc1OCCO. The van der Waals surface area contributed by atoms with Crippen molar-refractivity contribution < 1.29 is 83.1 Å². The summed E-state index contributed by atoms with van der Waals surface area (Å²) in [4.78, 5) is 23.3. The van der Waals surface area contributed by atoms with E-state index in [1.54, 1.807) is 0 Å². The largest absolute Gasteiger partial charge is 0.505 e. The third-order valence-electron chi connectivity index (χ3n) is 9.12. The van der Waals surface area contributed by atoms with Crippen LogP contribution >= 0.6 is 0 Å². The summed E-state index contributed by atoms with van der Waals surface area (Å²) < 4.78 is 117. The summed E-state index contributed by atoms with van der Waals surface area (Å²) in [5.74, 6) is -3.90. The third-order valence-corrected chi connectivity index (χ3v) is 11.9. The van der Waals surface area contributed by atoms with Crippen LogP contribution in [-0.4, -0.2) is 117 Å². The van der Waals surface area contributed by atoms with Crippen LogP contribution in [0, 0.1) is 6.92 Å². The highest BCUT2D eigenvalue weighted by Gasteiger charge is 2.41. The first-order valence-electron chi connectivity index (χ1n) is 18.6. The molecule has 0 saturated heterocycles. The molecule has 0 aliphatic carbocycles. The molecule has 1 aliphatic rings. The second kappa shape index (κ2) is 19.6. The van der Waals surface area contributed by atoms with Crippen molar-refractivity contribution in [2.75, 3.05) is 38.5 Å². The Kier molecular flexibility index (Phi) is 14.4. The maximum atomic E-state index is 13.3. The smallest absolute Gasteiger partial charge is 0.355 e. The van der Waals surface area contributed by atoms with E-state index in [0.29, 0.717) is 5.01 Å². The number of aliphatic hydroxyl groups excluding tert-OH is 2. The van der Waals surface area contributed by atoms with Crippen LogP contribution in [0.25, 0.3) is 10.8 Å². The van der Waals surface area contributed by atoms with Gasteiger partial charge in [0.05, 0.1) is 36.6 Å². The summed E-state index contributed by atoms with van der Waals surface area (Å²) in [5, 5.41) is 68.3. The molecule has 352 valence electrons. The summed E-state index contributed by atoms with van der Waals surface area (Å²) in [6.07, 6.45) is 0. The fourth-order valence-corrected chi connectivity index (χ4v) is 7.95. The quantitative estimate of drug-likeness (QED) is 0.0442. The molecular formula is C38H34N8O18S3. The molecule has 1 unspecified atom stereocenters. The molecule has 26 nitrogen and oxygen atoms in total. The summed E-state index contributed by atoms with van der Waals surface area (Å²) >= 11 is 0. The number of fused-ring (bicyclic) bond motifs is 1. The first kappa shape index (κ1) is 49.1. The number of hydrogen-bond donors (Lipinski definition) is 7. The highest BCUT2D eigenvalue weighted by Crippen LogP contribution is 2.46. The van der Waals surface area contributed by atoms with Crippen LogP contribution in [0.5, 0.6) is 23.0 Å². The first-order chi connectivity index (χ1) is 31.5. The van der Waals surface area contributed by atoms with E-state index in [9.17, 15) is 68.9 Å². The number of aliphatic carboxylic acids is 1. The molecule has 1 atom stereocenters. The average molecular weight is 987 g/mol. The van der Waals surface area contributed by atoms with Crippen molar-refractivity contribution in [2.45, 2.75) is 27.7 Å². The van der Waals surface area contributed by atoms with Gasteiger partial charge in [-0.2, -0.15) is 45.6 Å².